The smallest absolute Gasteiger partial charge is 0.250 e. The van der Waals surface area contributed by atoms with Crippen LogP contribution in [0.3, 0.4) is 0 Å². The molecule has 0 unspecified atom stereocenters. The first-order chi connectivity index (χ1) is 8.91. The van der Waals surface area contributed by atoms with Crippen molar-refractivity contribution in [1.82, 2.24) is 4.90 Å². The van der Waals surface area contributed by atoms with Crippen LogP contribution in [-0.4, -0.2) is 31.0 Å². The van der Waals surface area contributed by atoms with Gasteiger partial charge >= 0.3 is 0 Å². The lowest BCUT2D eigenvalue weighted by Crippen LogP contribution is -2.38. The maximum atomic E-state index is 13.1. The van der Waals surface area contributed by atoms with Gasteiger partial charge in [0, 0.05) is 42.5 Å². The molecule has 2 nitrogen and oxygen atoms in total. The molecule has 0 N–H and O–H groups in total. The Morgan fingerprint density at radius 2 is 1.95 bits per heavy atom. The van der Waals surface area contributed by atoms with Crippen LogP contribution in [0.25, 0.3) is 0 Å². The molecule has 106 valence electrons. The molecule has 2 rings (SSSR count). The van der Waals surface area contributed by atoms with E-state index >= 15 is 0 Å². The summed E-state index contributed by atoms with van der Waals surface area (Å²) in [5.41, 5.74) is 2.09. The molecule has 5 heteroatoms. The molecule has 0 atom stereocenters. The summed E-state index contributed by atoms with van der Waals surface area (Å²) in [6.45, 7) is 3.50. The van der Waals surface area contributed by atoms with Crippen LogP contribution in [0.5, 0.6) is 5.75 Å². The molecule has 0 aliphatic carbocycles. The van der Waals surface area contributed by atoms with Crippen LogP contribution in [0.1, 0.15) is 24.0 Å². The van der Waals surface area contributed by atoms with E-state index in [1.807, 2.05) is 19.1 Å². The Hall–Kier alpha value is -0.680. The molecule has 0 bridgehead atoms. The van der Waals surface area contributed by atoms with Gasteiger partial charge in [0.15, 0.2) is 0 Å². The van der Waals surface area contributed by atoms with Gasteiger partial charge in [-0.3, -0.25) is 4.90 Å². The normalized spacial score (nSPS) is 19.4. The van der Waals surface area contributed by atoms with Crippen LogP contribution >= 0.6 is 15.9 Å². The van der Waals surface area contributed by atoms with Gasteiger partial charge in [0.25, 0.3) is 5.92 Å². The quantitative estimate of drug-likeness (QED) is 0.829. The molecular formula is C14H18BrF2NO. The second-order valence-electron chi connectivity index (χ2n) is 5.05. The van der Waals surface area contributed by atoms with Gasteiger partial charge in [-0.2, -0.15) is 0 Å². The van der Waals surface area contributed by atoms with E-state index in [0.29, 0.717) is 19.6 Å². The molecule has 1 heterocycles. The number of nitrogens with zero attached hydrogens (tertiary/aromatic N) is 1. The second kappa shape index (κ2) is 5.75. The average molecular weight is 334 g/mol. The average Bonchev–Trinajstić information content (AvgIpc) is 2.31. The van der Waals surface area contributed by atoms with E-state index < -0.39 is 5.92 Å². The van der Waals surface area contributed by atoms with Crippen LogP contribution in [0, 0.1) is 6.92 Å². The van der Waals surface area contributed by atoms with Crippen molar-refractivity contribution in [3.63, 3.8) is 0 Å². The number of hydrogen-bond acceptors (Lipinski definition) is 2. The third-order valence-corrected chi connectivity index (χ3v) is 3.96. The lowest BCUT2D eigenvalue weighted by Gasteiger charge is -2.32. The van der Waals surface area contributed by atoms with Crippen LogP contribution in [-0.2, 0) is 6.54 Å². The third-order valence-electron chi connectivity index (χ3n) is 3.50. The molecule has 0 aromatic heterocycles. The Kier molecular flexibility index (Phi) is 4.46. The standard InChI is InChI=1S/C14H18BrF2NO/c1-10-7-12(15)8-11(13(10)19-2)9-18-5-3-14(16,17)4-6-18/h7-8H,3-6,9H2,1-2H3. The van der Waals surface area contributed by atoms with Gasteiger partial charge in [0.2, 0.25) is 0 Å². The highest BCUT2D eigenvalue weighted by Gasteiger charge is 2.34. The van der Waals surface area contributed by atoms with Crippen LogP contribution < -0.4 is 4.74 Å². The second-order valence-corrected chi connectivity index (χ2v) is 5.96. The molecule has 0 amide bonds. The Labute approximate surface area is 120 Å². The molecule has 1 aromatic carbocycles. The fraction of sp³-hybridized carbons (Fsp3) is 0.571. The highest BCUT2D eigenvalue weighted by molar-refractivity contribution is 9.10. The third kappa shape index (κ3) is 3.66. The van der Waals surface area contributed by atoms with E-state index in [0.717, 1.165) is 21.3 Å². The van der Waals surface area contributed by atoms with E-state index in [4.69, 9.17) is 4.74 Å². The molecule has 1 aliphatic heterocycles. The zero-order chi connectivity index (χ0) is 14.0. The lowest BCUT2D eigenvalue weighted by molar-refractivity contribution is -0.0567. The maximum absolute atomic E-state index is 13.1. The fourth-order valence-electron chi connectivity index (χ4n) is 2.49. The van der Waals surface area contributed by atoms with Gasteiger partial charge < -0.3 is 4.74 Å². The summed E-state index contributed by atoms with van der Waals surface area (Å²) in [6.07, 6.45) is -0.107. The van der Waals surface area contributed by atoms with E-state index in [1.54, 1.807) is 7.11 Å². The first kappa shape index (κ1) is 14.7. The van der Waals surface area contributed by atoms with Crippen molar-refractivity contribution < 1.29 is 13.5 Å². The molecule has 1 aromatic rings. The molecule has 0 spiro atoms. The van der Waals surface area contributed by atoms with Gasteiger partial charge in [-0.05, 0) is 24.6 Å². The van der Waals surface area contributed by atoms with Crippen LogP contribution in [0.2, 0.25) is 0 Å². The van der Waals surface area contributed by atoms with Crippen molar-refractivity contribution in [3.8, 4) is 5.75 Å². The SMILES string of the molecule is COc1c(C)cc(Br)cc1CN1CCC(F)(F)CC1. The highest BCUT2D eigenvalue weighted by Crippen LogP contribution is 2.32. The summed E-state index contributed by atoms with van der Waals surface area (Å²) in [6, 6.07) is 3.99. The van der Waals surface area contributed by atoms with Crippen molar-refractivity contribution in [2.75, 3.05) is 20.2 Å². The number of piperidine rings is 1. The Morgan fingerprint density at radius 3 is 2.53 bits per heavy atom. The minimum Gasteiger partial charge on any atom is -0.496 e. The number of halogens is 3. The summed E-state index contributed by atoms with van der Waals surface area (Å²) < 4.78 is 32.7. The molecule has 1 fully saturated rings. The minimum atomic E-state index is -2.49. The molecule has 0 radical (unpaired) electrons. The fourth-order valence-corrected chi connectivity index (χ4v) is 3.11. The molecular weight excluding hydrogens is 316 g/mol. The number of ether oxygens (including phenoxy) is 1. The Morgan fingerprint density at radius 1 is 1.32 bits per heavy atom. The monoisotopic (exact) mass is 333 g/mol. The van der Waals surface area contributed by atoms with Gasteiger partial charge in [0.05, 0.1) is 7.11 Å². The van der Waals surface area contributed by atoms with Crippen molar-refractivity contribution >= 4 is 15.9 Å². The number of rotatable bonds is 3. The number of aryl methyl sites for hydroxylation is 1. The van der Waals surface area contributed by atoms with E-state index in [2.05, 4.69) is 20.8 Å². The first-order valence-electron chi connectivity index (χ1n) is 6.34. The van der Waals surface area contributed by atoms with Crippen LogP contribution in [0.15, 0.2) is 16.6 Å². The number of hydrogen-bond donors (Lipinski definition) is 0. The van der Waals surface area contributed by atoms with E-state index in [9.17, 15) is 8.78 Å². The summed E-state index contributed by atoms with van der Waals surface area (Å²) in [5, 5.41) is 0. The van der Waals surface area contributed by atoms with Crippen molar-refractivity contribution in [1.29, 1.82) is 0 Å². The number of methoxy groups -OCH3 is 1. The Balaban J connectivity index is 2.11. The highest BCUT2D eigenvalue weighted by atomic mass is 79.9. The zero-order valence-electron chi connectivity index (χ0n) is 11.2. The van der Waals surface area contributed by atoms with Gasteiger partial charge in [-0.25, -0.2) is 8.78 Å². The summed E-state index contributed by atoms with van der Waals surface area (Å²) in [5.74, 6) is -1.64. The topological polar surface area (TPSA) is 12.5 Å². The molecule has 1 aliphatic rings. The number of benzene rings is 1. The van der Waals surface area contributed by atoms with Gasteiger partial charge in [0.1, 0.15) is 5.75 Å². The summed E-state index contributed by atoms with van der Waals surface area (Å²) >= 11 is 3.47. The largest absolute Gasteiger partial charge is 0.496 e. The predicted molar refractivity (Wildman–Crippen MR) is 74.9 cm³/mol. The van der Waals surface area contributed by atoms with Crippen LogP contribution in [0.4, 0.5) is 8.78 Å². The molecule has 1 saturated heterocycles. The van der Waals surface area contributed by atoms with Gasteiger partial charge in [-0.15, -0.1) is 0 Å². The summed E-state index contributed by atoms with van der Waals surface area (Å²) in [4.78, 5) is 2.06. The van der Waals surface area contributed by atoms with Gasteiger partial charge in [-0.1, -0.05) is 15.9 Å². The first-order valence-corrected chi connectivity index (χ1v) is 7.14. The lowest BCUT2D eigenvalue weighted by atomic mass is 10.0. The number of likely N-dealkylation sites (tertiary alicyclic amines) is 1. The van der Waals surface area contributed by atoms with Crippen molar-refractivity contribution in [2.24, 2.45) is 0 Å². The summed E-state index contributed by atoms with van der Waals surface area (Å²) in [7, 11) is 1.64. The minimum absolute atomic E-state index is 0.0533. The predicted octanol–water partition coefficient (Wildman–Crippen LogP) is 4.00. The van der Waals surface area contributed by atoms with Crippen molar-refractivity contribution in [2.45, 2.75) is 32.2 Å². The van der Waals surface area contributed by atoms with E-state index in [1.165, 1.54) is 0 Å². The number of alkyl halides is 2. The van der Waals surface area contributed by atoms with E-state index in [-0.39, 0.29) is 12.8 Å². The molecule has 19 heavy (non-hydrogen) atoms. The van der Waals surface area contributed by atoms with Crippen molar-refractivity contribution in [3.05, 3.63) is 27.7 Å². The Bertz CT molecular complexity index is 455. The maximum Gasteiger partial charge on any atom is 0.250 e. The zero-order valence-corrected chi connectivity index (χ0v) is 12.8. The molecule has 0 saturated carbocycles.